The second-order valence-corrected chi connectivity index (χ2v) is 6.06. The van der Waals surface area contributed by atoms with Crippen LogP contribution in [0.2, 0.25) is 0 Å². The first kappa shape index (κ1) is 16.4. The molecule has 0 saturated heterocycles. The van der Waals surface area contributed by atoms with Crippen molar-refractivity contribution in [3.63, 3.8) is 0 Å². The number of urea groups is 1. The lowest BCUT2D eigenvalue weighted by Crippen LogP contribution is -2.32. The van der Waals surface area contributed by atoms with Crippen LogP contribution in [0.3, 0.4) is 0 Å². The van der Waals surface area contributed by atoms with Crippen molar-refractivity contribution in [2.75, 3.05) is 25.3 Å². The number of hydrogen-bond donors (Lipinski definition) is 2. The van der Waals surface area contributed by atoms with E-state index < -0.39 is 0 Å². The number of carbonyl (C=O) groups is 1. The Kier molecular flexibility index (Phi) is 5.10. The van der Waals surface area contributed by atoms with Crippen LogP contribution in [0.1, 0.15) is 5.56 Å². The maximum absolute atomic E-state index is 11.8. The molecule has 2 aromatic rings. The molecule has 0 saturated carbocycles. The van der Waals surface area contributed by atoms with Crippen LogP contribution < -0.4 is 24.8 Å². The first-order chi connectivity index (χ1) is 11.6. The molecule has 6 nitrogen and oxygen atoms in total. The van der Waals surface area contributed by atoms with Gasteiger partial charge in [0.1, 0.15) is 12.4 Å². The van der Waals surface area contributed by atoms with Crippen LogP contribution in [0.15, 0.2) is 40.9 Å². The summed E-state index contributed by atoms with van der Waals surface area (Å²) in [7, 11) is 0. The molecule has 24 heavy (non-hydrogen) atoms. The third kappa shape index (κ3) is 4.11. The van der Waals surface area contributed by atoms with E-state index >= 15 is 0 Å². The van der Waals surface area contributed by atoms with Gasteiger partial charge in [0.25, 0.3) is 0 Å². The average molecular weight is 393 g/mol. The molecule has 2 N–H and O–H groups in total. The Morgan fingerprint density at radius 1 is 1.21 bits per heavy atom. The van der Waals surface area contributed by atoms with E-state index in [4.69, 9.17) is 14.2 Å². The van der Waals surface area contributed by atoms with E-state index in [1.807, 2.05) is 25.1 Å². The van der Waals surface area contributed by atoms with E-state index in [-0.39, 0.29) is 12.8 Å². The van der Waals surface area contributed by atoms with Crippen molar-refractivity contribution in [2.24, 2.45) is 0 Å². The van der Waals surface area contributed by atoms with Gasteiger partial charge in [0.15, 0.2) is 11.5 Å². The van der Waals surface area contributed by atoms with Crippen molar-refractivity contribution >= 4 is 27.6 Å². The second kappa shape index (κ2) is 7.44. The minimum absolute atomic E-state index is 0.232. The summed E-state index contributed by atoms with van der Waals surface area (Å²) < 4.78 is 17.1. The second-order valence-electron chi connectivity index (χ2n) is 5.21. The predicted molar refractivity (Wildman–Crippen MR) is 94.0 cm³/mol. The largest absolute Gasteiger partial charge is 0.492 e. The number of nitrogens with one attached hydrogen (secondary N) is 2. The van der Waals surface area contributed by atoms with Crippen LogP contribution in [0.4, 0.5) is 10.5 Å². The van der Waals surface area contributed by atoms with Gasteiger partial charge in [0, 0.05) is 16.2 Å². The summed E-state index contributed by atoms with van der Waals surface area (Å²) in [5, 5.41) is 5.52. The Balaban J connectivity index is 1.41. The lowest BCUT2D eigenvalue weighted by atomic mass is 10.2. The van der Waals surface area contributed by atoms with Crippen molar-refractivity contribution in [1.82, 2.24) is 5.32 Å². The van der Waals surface area contributed by atoms with Crippen molar-refractivity contribution in [3.8, 4) is 17.2 Å². The molecule has 0 fully saturated rings. The molecule has 3 rings (SSSR count). The average Bonchev–Trinajstić information content (AvgIpc) is 3.03. The summed E-state index contributed by atoms with van der Waals surface area (Å²) in [6, 6.07) is 10.7. The Morgan fingerprint density at radius 2 is 2.04 bits per heavy atom. The van der Waals surface area contributed by atoms with Crippen LogP contribution in [-0.4, -0.2) is 26.0 Å². The predicted octanol–water partition coefficient (Wildman–Crippen LogP) is 3.69. The van der Waals surface area contributed by atoms with Gasteiger partial charge in [-0.2, -0.15) is 0 Å². The molecule has 0 unspecified atom stereocenters. The minimum atomic E-state index is -0.272. The number of aryl methyl sites for hydroxylation is 1. The van der Waals surface area contributed by atoms with Gasteiger partial charge in [0.05, 0.1) is 6.54 Å². The number of rotatable bonds is 5. The number of benzene rings is 2. The molecule has 0 aliphatic carbocycles. The summed E-state index contributed by atoms with van der Waals surface area (Å²) in [5.41, 5.74) is 1.80. The van der Waals surface area contributed by atoms with Crippen LogP contribution in [0.5, 0.6) is 17.2 Å². The quantitative estimate of drug-likeness (QED) is 0.761. The molecule has 0 spiro atoms. The topological polar surface area (TPSA) is 68.8 Å². The Hall–Kier alpha value is -2.41. The van der Waals surface area contributed by atoms with Crippen LogP contribution in [0.25, 0.3) is 0 Å². The molecule has 0 atom stereocenters. The maximum Gasteiger partial charge on any atom is 0.319 e. The van der Waals surface area contributed by atoms with Gasteiger partial charge in [-0.25, -0.2) is 4.79 Å². The molecule has 7 heteroatoms. The van der Waals surface area contributed by atoms with E-state index in [9.17, 15) is 4.79 Å². The van der Waals surface area contributed by atoms with Gasteiger partial charge >= 0.3 is 6.03 Å². The number of anilines is 1. The number of amides is 2. The van der Waals surface area contributed by atoms with Crippen molar-refractivity contribution in [3.05, 3.63) is 46.4 Å². The normalized spacial score (nSPS) is 11.9. The zero-order valence-corrected chi connectivity index (χ0v) is 14.7. The summed E-state index contributed by atoms with van der Waals surface area (Å²) in [5.74, 6) is 2.05. The van der Waals surface area contributed by atoms with Crippen LogP contribution >= 0.6 is 15.9 Å². The smallest absolute Gasteiger partial charge is 0.319 e. The summed E-state index contributed by atoms with van der Waals surface area (Å²) in [4.78, 5) is 11.8. The first-order valence-electron chi connectivity index (χ1n) is 7.45. The van der Waals surface area contributed by atoms with Crippen molar-refractivity contribution in [2.45, 2.75) is 6.92 Å². The lowest BCUT2D eigenvalue weighted by molar-refractivity contribution is 0.173. The lowest BCUT2D eigenvalue weighted by Gasteiger charge is -2.10. The van der Waals surface area contributed by atoms with E-state index in [1.54, 1.807) is 18.2 Å². The third-order valence-corrected chi connectivity index (χ3v) is 4.31. The van der Waals surface area contributed by atoms with Gasteiger partial charge in [-0.3, -0.25) is 0 Å². The fraction of sp³-hybridized carbons (Fsp3) is 0.235. The van der Waals surface area contributed by atoms with Gasteiger partial charge in [-0.1, -0.05) is 15.9 Å². The van der Waals surface area contributed by atoms with Crippen molar-refractivity contribution < 1.29 is 19.0 Å². The molecule has 0 aromatic heterocycles. The number of halogens is 1. The molecule has 0 bridgehead atoms. The zero-order chi connectivity index (χ0) is 16.9. The van der Waals surface area contributed by atoms with Gasteiger partial charge in [-0.15, -0.1) is 0 Å². The first-order valence-corrected chi connectivity index (χ1v) is 8.24. The number of hydrogen-bond acceptors (Lipinski definition) is 4. The standard InChI is InChI=1S/C17H17BrN2O4/c1-11-8-12(2-4-14(11)18)20-17(21)19-6-7-22-13-3-5-15-16(9-13)24-10-23-15/h2-5,8-9H,6-7,10H2,1H3,(H2,19,20,21). The molecule has 2 amide bonds. The SMILES string of the molecule is Cc1cc(NC(=O)NCCOc2ccc3c(c2)OCO3)ccc1Br. The Morgan fingerprint density at radius 3 is 2.88 bits per heavy atom. The zero-order valence-electron chi connectivity index (χ0n) is 13.1. The van der Waals surface area contributed by atoms with E-state index in [2.05, 4.69) is 26.6 Å². The highest BCUT2D eigenvalue weighted by Gasteiger charge is 2.13. The van der Waals surface area contributed by atoms with E-state index in [0.717, 1.165) is 15.7 Å². The van der Waals surface area contributed by atoms with Crippen molar-refractivity contribution in [1.29, 1.82) is 0 Å². The molecule has 2 aromatic carbocycles. The molecular weight excluding hydrogens is 376 g/mol. The fourth-order valence-corrected chi connectivity index (χ4v) is 2.44. The molecule has 1 aliphatic heterocycles. The van der Waals surface area contributed by atoms with Gasteiger partial charge in [-0.05, 0) is 42.8 Å². The number of fused-ring (bicyclic) bond motifs is 1. The summed E-state index contributed by atoms with van der Waals surface area (Å²) in [6.07, 6.45) is 0. The van der Waals surface area contributed by atoms with E-state index in [0.29, 0.717) is 30.4 Å². The highest BCUT2D eigenvalue weighted by molar-refractivity contribution is 9.10. The fourth-order valence-electron chi connectivity index (χ4n) is 2.20. The van der Waals surface area contributed by atoms with Gasteiger partial charge < -0.3 is 24.8 Å². The third-order valence-electron chi connectivity index (χ3n) is 3.42. The maximum atomic E-state index is 11.8. The number of ether oxygens (including phenoxy) is 3. The molecule has 0 radical (unpaired) electrons. The Labute approximate surface area is 148 Å². The summed E-state index contributed by atoms with van der Waals surface area (Å²) in [6.45, 7) is 2.94. The monoisotopic (exact) mass is 392 g/mol. The molecule has 1 heterocycles. The molecular formula is C17H17BrN2O4. The Bertz CT molecular complexity index is 751. The summed E-state index contributed by atoms with van der Waals surface area (Å²) >= 11 is 3.43. The molecule has 1 aliphatic rings. The van der Waals surface area contributed by atoms with Crippen LogP contribution in [0, 0.1) is 6.92 Å². The number of carbonyl (C=O) groups excluding carboxylic acids is 1. The van der Waals surface area contributed by atoms with Gasteiger partial charge in [0.2, 0.25) is 6.79 Å². The highest BCUT2D eigenvalue weighted by Crippen LogP contribution is 2.34. The van der Waals surface area contributed by atoms with Crippen LogP contribution in [-0.2, 0) is 0 Å². The molecule has 126 valence electrons. The minimum Gasteiger partial charge on any atom is -0.492 e. The highest BCUT2D eigenvalue weighted by atomic mass is 79.9. The van der Waals surface area contributed by atoms with E-state index in [1.165, 1.54) is 0 Å².